The molecule has 0 aliphatic heterocycles. The van der Waals surface area contributed by atoms with Gasteiger partial charge in [-0.05, 0) is 7.05 Å². The van der Waals surface area contributed by atoms with Crippen molar-refractivity contribution in [1.82, 2.24) is 4.90 Å². The second-order valence-corrected chi connectivity index (χ2v) is 6.44. The zero-order chi connectivity index (χ0) is 25.2. The van der Waals surface area contributed by atoms with Crippen LogP contribution >= 0.6 is 0 Å². The van der Waals surface area contributed by atoms with E-state index >= 15 is 0 Å². The van der Waals surface area contributed by atoms with Crippen molar-refractivity contribution >= 4 is 0 Å². The Morgan fingerprint density at radius 1 is 0.667 bits per heavy atom. The average Bonchev–Trinajstić information content (AvgIpc) is 2.83. The van der Waals surface area contributed by atoms with Crippen molar-refractivity contribution in [3.05, 3.63) is 38.5 Å². The zero-order valence-electron chi connectivity index (χ0n) is 20.5. The van der Waals surface area contributed by atoms with Crippen molar-refractivity contribution in [3.63, 3.8) is 0 Å². The number of rotatable bonds is 23. The Kier molecular flexibility index (Phi) is 26.9. The van der Waals surface area contributed by atoms with Crippen molar-refractivity contribution in [1.29, 1.82) is 0 Å². The van der Waals surface area contributed by atoms with Gasteiger partial charge >= 0.3 is 0 Å². The summed E-state index contributed by atoms with van der Waals surface area (Å²) >= 11 is 0. The third-order valence-electron chi connectivity index (χ3n) is 3.95. The summed E-state index contributed by atoms with van der Waals surface area (Å²) in [5.41, 5.74) is 0. The summed E-state index contributed by atoms with van der Waals surface area (Å²) in [6.07, 6.45) is 3.59. The van der Waals surface area contributed by atoms with Gasteiger partial charge in [0.1, 0.15) is 6.10 Å². The van der Waals surface area contributed by atoms with Crippen molar-refractivity contribution in [3.8, 4) is 0 Å². The van der Waals surface area contributed by atoms with Gasteiger partial charge in [-0.1, -0.05) is 19.7 Å². The largest absolute Gasteiger partial charge is 0.476 e. The molecular weight excluding hydrogens is 438 g/mol. The summed E-state index contributed by atoms with van der Waals surface area (Å²) in [5, 5.41) is 8.62. The first kappa shape index (κ1) is 33.5. The maximum Gasteiger partial charge on any atom is 0.188 e. The molecule has 11 nitrogen and oxygen atoms in total. The monoisotopic (exact) mass is 481 g/mol. The number of aliphatic hydroxyl groups is 1. The van der Waals surface area contributed by atoms with Gasteiger partial charge in [-0.3, -0.25) is 0 Å². The van der Waals surface area contributed by atoms with E-state index in [0.29, 0.717) is 32.9 Å². The number of hydrogen-bond acceptors (Lipinski definition) is 11. The lowest BCUT2D eigenvalue weighted by molar-refractivity contribution is -0.0771. The van der Waals surface area contributed by atoms with Crippen LogP contribution in [-0.4, -0.2) is 117 Å². The van der Waals surface area contributed by atoms with Gasteiger partial charge in [-0.15, -0.1) is 0 Å². The van der Waals surface area contributed by atoms with Crippen LogP contribution in [0.25, 0.3) is 0 Å². The van der Waals surface area contributed by atoms with E-state index in [9.17, 15) is 0 Å². The highest BCUT2D eigenvalue weighted by Gasteiger charge is 2.16. The maximum absolute atomic E-state index is 8.62. The summed E-state index contributed by atoms with van der Waals surface area (Å²) in [5.74, 6) is 0. The zero-order valence-corrected chi connectivity index (χ0v) is 20.5. The predicted molar refractivity (Wildman–Crippen MR) is 123 cm³/mol. The lowest BCUT2D eigenvalue weighted by Gasteiger charge is -2.26. The van der Waals surface area contributed by atoms with Gasteiger partial charge in [0, 0.05) is 34.4 Å². The van der Waals surface area contributed by atoms with Crippen LogP contribution in [0.4, 0.5) is 0 Å². The molecule has 0 aliphatic rings. The molecule has 1 N–H and O–H groups in total. The summed E-state index contributed by atoms with van der Waals surface area (Å²) in [6.45, 7) is 13.3. The molecule has 0 saturated heterocycles. The first-order chi connectivity index (χ1) is 16.0. The Morgan fingerprint density at radius 3 is 1.27 bits per heavy atom. The highest BCUT2D eigenvalue weighted by molar-refractivity contribution is 4.67. The third kappa shape index (κ3) is 23.3. The van der Waals surface area contributed by atoms with Gasteiger partial charge in [0.2, 0.25) is 0 Å². The fourth-order valence-electron chi connectivity index (χ4n) is 2.18. The number of methoxy groups -OCH3 is 3. The second-order valence-electron chi connectivity index (χ2n) is 6.44. The van der Waals surface area contributed by atoms with Gasteiger partial charge in [-0.25, -0.2) is 0 Å². The Labute approximate surface area is 198 Å². The standard InChI is InChI=1S/C15H29NO6.C7H14O4/c1-6-19-12-21-10-14(17-4)8-16(3)9-15(18-5)11-22-13-20-7-2;1-3-10-6-11-5-7(4-8)9-2/h6-7,14-15H,1-2,8-13H2,3-5H3;3,7-8H,1,4-6H2,2H3. The Morgan fingerprint density at radius 2 is 1.00 bits per heavy atom. The molecule has 33 heavy (non-hydrogen) atoms. The van der Waals surface area contributed by atoms with Crippen molar-refractivity contribution in [2.75, 3.05) is 88.3 Å². The van der Waals surface area contributed by atoms with Crippen LogP contribution < -0.4 is 0 Å². The number of ether oxygens (including phenoxy) is 9. The Bertz CT molecular complexity index is 411. The van der Waals surface area contributed by atoms with Crippen LogP contribution in [0.15, 0.2) is 38.5 Å². The molecule has 0 aromatic carbocycles. The summed E-state index contributed by atoms with van der Waals surface area (Å²) in [4.78, 5) is 2.10. The number of aliphatic hydroxyl groups excluding tert-OH is 1. The molecule has 0 amide bonds. The molecule has 3 unspecified atom stereocenters. The van der Waals surface area contributed by atoms with Crippen LogP contribution in [0.3, 0.4) is 0 Å². The van der Waals surface area contributed by atoms with Crippen LogP contribution in [-0.2, 0) is 42.6 Å². The molecule has 0 aromatic rings. The summed E-state index contributed by atoms with van der Waals surface area (Å²) in [7, 11) is 6.80. The molecule has 0 spiro atoms. The molecule has 0 bridgehead atoms. The van der Waals surface area contributed by atoms with Crippen molar-refractivity contribution in [2.45, 2.75) is 18.3 Å². The Balaban J connectivity index is 0. The molecule has 0 fully saturated rings. The highest BCUT2D eigenvalue weighted by atomic mass is 16.7. The molecule has 0 heterocycles. The van der Waals surface area contributed by atoms with Gasteiger partial charge in [0.15, 0.2) is 20.4 Å². The molecule has 0 aromatic heterocycles. The van der Waals surface area contributed by atoms with Crippen LogP contribution in [0.5, 0.6) is 0 Å². The first-order valence-electron chi connectivity index (χ1n) is 10.3. The van der Waals surface area contributed by atoms with E-state index in [-0.39, 0.29) is 45.3 Å². The Hall–Kier alpha value is -1.70. The smallest absolute Gasteiger partial charge is 0.188 e. The summed E-state index contributed by atoms with van der Waals surface area (Å²) < 4.78 is 45.6. The number of nitrogens with zero attached hydrogens (tertiary/aromatic N) is 1. The maximum atomic E-state index is 8.62. The molecule has 3 atom stereocenters. The third-order valence-corrected chi connectivity index (χ3v) is 3.95. The van der Waals surface area contributed by atoms with E-state index in [4.69, 9.17) is 43.0 Å². The van der Waals surface area contributed by atoms with Crippen LogP contribution in [0.2, 0.25) is 0 Å². The minimum absolute atomic E-state index is 0.0510. The lowest BCUT2D eigenvalue weighted by atomic mass is 10.3. The molecule has 196 valence electrons. The summed E-state index contributed by atoms with van der Waals surface area (Å²) in [6, 6.07) is 0. The molecule has 0 aliphatic carbocycles. The number of hydrogen-bond donors (Lipinski definition) is 1. The van der Waals surface area contributed by atoms with Crippen molar-refractivity contribution < 1.29 is 47.7 Å². The normalized spacial score (nSPS) is 13.3. The topological polar surface area (TPSA) is 107 Å². The lowest BCUT2D eigenvalue weighted by Crippen LogP contribution is -2.40. The van der Waals surface area contributed by atoms with Gasteiger partial charge in [-0.2, -0.15) is 0 Å². The van der Waals surface area contributed by atoms with E-state index < -0.39 is 0 Å². The quantitative estimate of drug-likeness (QED) is 0.130. The molecule has 0 radical (unpaired) electrons. The molecular formula is C22H43NO10. The van der Waals surface area contributed by atoms with Gasteiger partial charge < -0.3 is 52.6 Å². The average molecular weight is 482 g/mol. The van der Waals surface area contributed by atoms with E-state index in [1.165, 1.54) is 25.9 Å². The van der Waals surface area contributed by atoms with Crippen LogP contribution in [0, 0.1) is 0 Å². The van der Waals surface area contributed by atoms with Crippen LogP contribution in [0.1, 0.15) is 0 Å². The molecule has 11 heteroatoms. The fourth-order valence-corrected chi connectivity index (χ4v) is 2.18. The molecule has 0 rings (SSSR count). The van der Waals surface area contributed by atoms with E-state index in [0.717, 1.165) is 0 Å². The van der Waals surface area contributed by atoms with Gasteiger partial charge in [0.05, 0.1) is 57.4 Å². The van der Waals surface area contributed by atoms with E-state index in [1.54, 1.807) is 14.2 Å². The molecule has 0 saturated carbocycles. The number of likely N-dealkylation sites (N-methyl/N-ethyl adjacent to an activating group) is 1. The SMILES string of the molecule is C=COCOCC(CN(C)CC(COCOC=C)OC)OC.C=COCOCC(CO)OC. The highest BCUT2D eigenvalue weighted by Crippen LogP contribution is 2.01. The predicted octanol–water partition coefficient (Wildman–Crippen LogP) is 1.34. The first-order valence-corrected chi connectivity index (χ1v) is 10.3. The van der Waals surface area contributed by atoms with E-state index in [2.05, 4.69) is 29.4 Å². The second kappa shape index (κ2) is 26.6. The minimum Gasteiger partial charge on any atom is -0.476 e. The van der Waals surface area contributed by atoms with Gasteiger partial charge in [0.25, 0.3) is 0 Å². The minimum atomic E-state index is -0.275. The van der Waals surface area contributed by atoms with Crippen molar-refractivity contribution in [2.24, 2.45) is 0 Å². The fraction of sp³-hybridized carbons (Fsp3) is 0.727. The van der Waals surface area contributed by atoms with E-state index in [1.807, 2.05) is 7.05 Å².